The summed E-state index contributed by atoms with van der Waals surface area (Å²) in [5.74, 6) is 0.952. The van der Waals surface area contributed by atoms with Gasteiger partial charge in [0.05, 0.1) is 7.11 Å². The molecule has 2 rings (SSSR count). The number of fused-ring (bicyclic) bond motifs is 1. The number of ether oxygens (including phenoxy) is 1. The average molecular weight is 234 g/mol. The highest BCUT2D eigenvalue weighted by molar-refractivity contribution is 5.39. The summed E-state index contributed by atoms with van der Waals surface area (Å²) in [6.45, 7) is 3.17. The molecular weight excluding hydrogens is 212 g/mol. The summed E-state index contributed by atoms with van der Waals surface area (Å²) in [5.41, 5.74) is 8.77. The quantitative estimate of drug-likeness (QED) is 0.869. The van der Waals surface area contributed by atoms with Gasteiger partial charge in [0.15, 0.2) is 0 Å². The lowest BCUT2D eigenvalue weighted by Crippen LogP contribution is -2.35. The summed E-state index contributed by atoms with van der Waals surface area (Å²) >= 11 is 0. The van der Waals surface area contributed by atoms with Crippen LogP contribution in [-0.2, 0) is 6.42 Å². The molecule has 2 atom stereocenters. The highest BCUT2D eigenvalue weighted by atomic mass is 16.5. The van der Waals surface area contributed by atoms with Crippen LogP contribution in [0.5, 0.6) is 5.75 Å². The molecule has 1 aromatic carbocycles. The van der Waals surface area contributed by atoms with Crippen LogP contribution in [0, 0.1) is 0 Å². The Kier molecular flexibility index (Phi) is 3.69. The van der Waals surface area contributed by atoms with Crippen LogP contribution in [0.25, 0.3) is 0 Å². The molecule has 94 valence electrons. The molecule has 1 aromatic rings. The molecule has 0 radical (unpaired) electrons. The second-order valence-electron chi connectivity index (χ2n) is 5.02. The fraction of sp³-hybridized carbons (Fsp3) is 0.571. The third-order valence-electron chi connectivity index (χ3n) is 3.57. The molecule has 0 saturated heterocycles. The first-order valence-corrected chi connectivity index (χ1v) is 6.24. The maximum Gasteiger partial charge on any atom is 0.119 e. The molecule has 17 heavy (non-hydrogen) atoms. The Hall–Kier alpha value is -1.06. The molecule has 3 heteroatoms. The zero-order valence-corrected chi connectivity index (χ0v) is 10.9. The number of likely N-dealkylation sites (N-methyl/N-ethyl adjacent to an activating group) is 1. The molecule has 1 aliphatic rings. The number of benzene rings is 1. The van der Waals surface area contributed by atoms with E-state index in [4.69, 9.17) is 10.5 Å². The van der Waals surface area contributed by atoms with Crippen LogP contribution >= 0.6 is 0 Å². The molecule has 0 aromatic heterocycles. The lowest BCUT2D eigenvalue weighted by atomic mass is 9.89. The van der Waals surface area contributed by atoms with Crippen LogP contribution in [-0.4, -0.2) is 31.6 Å². The van der Waals surface area contributed by atoms with E-state index in [2.05, 4.69) is 31.0 Å². The van der Waals surface area contributed by atoms with Crippen molar-refractivity contribution < 1.29 is 4.74 Å². The molecule has 0 bridgehead atoms. The molecule has 0 amide bonds. The van der Waals surface area contributed by atoms with Gasteiger partial charge < -0.3 is 10.5 Å². The first-order valence-electron chi connectivity index (χ1n) is 6.24. The fourth-order valence-electron chi connectivity index (χ4n) is 2.60. The molecule has 0 aliphatic carbocycles. The number of rotatable bonds is 3. The minimum absolute atomic E-state index is 0.232. The summed E-state index contributed by atoms with van der Waals surface area (Å²) < 4.78 is 5.29. The number of methoxy groups -OCH3 is 1. The Bertz CT molecular complexity index is 390. The van der Waals surface area contributed by atoms with Gasteiger partial charge >= 0.3 is 0 Å². The van der Waals surface area contributed by atoms with Crippen LogP contribution < -0.4 is 10.5 Å². The van der Waals surface area contributed by atoms with Gasteiger partial charge in [-0.3, -0.25) is 4.90 Å². The van der Waals surface area contributed by atoms with Crippen molar-refractivity contribution in [2.45, 2.75) is 31.8 Å². The molecule has 1 heterocycles. The summed E-state index contributed by atoms with van der Waals surface area (Å²) in [6.07, 6.45) is 2.11. The predicted molar refractivity (Wildman–Crippen MR) is 70.3 cm³/mol. The van der Waals surface area contributed by atoms with Crippen molar-refractivity contribution in [2.24, 2.45) is 5.73 Å². The van der Waals surface area contributed by atoms with Gasteiger partial charge in [0.25, 0.3) is 0 Å². The van der Waals surface area contributed by atoms with Crippen molar-refractivity contribution >= 4 is 0 Å². The standard InChI is InChI=1S/C14H22N2O/c1-10(15)8-14-13-5-4-12(17-3)9-11(13)6-7-16(14)2/h4-5,9-10,14H,6-8,15H2,1-3H3. The fourth-order valence-corrected chi connectivity index (χ4v) is 2.60. The van der Waals surface area contributed by atoms with E-state index in [9.17, 15) is 0 Å². The van der Waals surface area contributed by atoms with Crippen molar-refractivity contribution in [2.75, 3.05) is 20.7 Å². The first-order chi connectivity index (χ1) is 8.11. The van der Waals surface area contributed by atoms with Gasteiger partial charge in [-0.05, 0) is 50.1 Å². The maximum atomic E-state index is 5.95. The van der Waals surface area contributed by atoms with Gasteiger partial charge in [-0.25, -0.2) is 0 Å². The maximum absolute atomic E-state index is 5.95. The van der Waals surface area contributed by atoms with E-state index in [0.717, 1.165) is 25.1 Å². The largest absolute Gasteiger partial charge is 0.497 e. The van der Waals surface area contributed by atoms with E-state index in [0.29, 0.717) is 6.04 Å². The van der Waals surface area contributed by atoms with E-state index in [1.807, 2.05) is 6.07 Å². The van der Waals surface area contributed by atoms with Crippen LogP contribution in [0.3, 0.4) is 0 Å². The highest BCUT2D eigenvalue weighted by Gasteiger charge is 2.25. The van der Waals surface area contributed by atoms with Crippen LogP contribution in [0.1, 0.15) is 30.5 Å². The van der Waals surface area contributed by atoms with Crippen LogP contribution in [0.4, 0.5) is 0 Å². The molecule has 0 spiro atoms. The highest BCUT2D eigenvalue weighted by Crippen LogP contribution is 2.33. The molecule has 1 aliphatic heterocycles. The van der Waals surface area contributed by atoms with Crippen LogP contribution in [0.15, 0.2) is 18.2 Å². The smallest absolute Gasteiger partial charge is 0.119 e. The molecule has 3 nitrogen and oxygen atoms in total. The Balaban J connectivity index is 2.31. The Morgan fingerprint density at radius 3 is 2.94 bits per heavy atom. The SMILES string of the molecule is COc1ccc2c(c1)CCN(C)C2CC(C)N. The zero-order valence-electron chi connectivity index (χ0n) is 10.9. The van der Waals surface area contributed by atoms with Crippen molar-refractivity contribution in [3.8, 4) is 5.75 Å². The van der Waals surface area contributed by atoms with Crippen molar-refractivity contribution in [1.29, 1.82) is 0 Å². The van der Waals surface area contributed by atoms with E-state index in [-0.39, 0.29) is 6.04 Å². The van der Waals surface area contributed by atoms with Crippen molar-refractivity contribution in [1.82, 2.24) is 4.90 Å². The number of hydrogen-bond acceptors (Lipinski definition) is 3. The van der Waals surface area contributed by atoms with Crippen molar-refractivity contribution in [3.63, 3.8) is 0 Å². The van der Waals surface area contributed by atoms with Gasteiger partial charge in [0.1, 0.15) is 5.75 Å². The second-order valence-corrected chi connectivity index (χ2v) is 5.02. The second kappa shape index (κ2) is 5.07. The predicted octanol–water partition coefficient (Wildman–Crippen LogP) is 1.96. The van der Waals surface area contributed by atoms with E-state index in [1.54, 1.807) is 7.11 Å². The normalized spacial score (nSPS) is 22.0. The summed E-state index contributed by atoms with van der Waals surface area (Å²) in [6, 6.07) is 7.08. The topological polar surface area (TPSA) is 38.5 Å². The number of nitrogens with zero attached hydrogens (tertiary/aromatic N) is 1. The Morgan fingerprint density at radius 1 is 1.53 bits per heavy atom. The van der Waals surface area contributed by atoms with Crippen molar-refractivity contribution in [3.05, 3.63) is 29.3 Å². The van der Waals surface area contributed by atoms with Gasteiger partial charge in [-0.2, -0.15) is 0 Å². The van der Waals surface area contributed by atoms with E-state index >= 15 is 0 Å². The minimum atomic E-state index is 0.232. The Morgan fingerprint density at radius 2 is 2.29 bits per heavy atom. The molecule has 2 unspecified atom stereocenters. The Labute approximate surface area is 104 Å². The third kappa shape index (κ3) is 2.61. The van der Waals surface area contributed by atoms with Gasteiger partial charge in [-0.1, -0.05) is 6.07 Å². The summed E-state index contributed by atoms with van der Waals surface area (Å²) in [7, 11) is 3.90. The molecule has 2 N–H and O–H groups in total. The third-order valence-corrected chi connectivity index (χ3v) is 3.57. The molecule has 0 saturated carbocycles. The molecule has 0 fully saturated rings. The van der Waals surface area contributed by atoms with Gasteiger partial charge in [-0.15, -0.1) is 0 Å². The number of nitrogens with two attached hydrogens (primary N) is 1. The lowest BCUT2D eigenvalue weighted by Gasteiger charge is -2.35. The lowest BCUT2D eigenvalue weighted by molar-refractivity contribution is 0.211. The van der Waals surface area contributed by atoms with E-state index in [1.165, 1.54) is 11.1 Å². The number of hydrogen-bond donors (Lipinski definition) is 1. The average Bonchev–Trinajstić information content (AvgIpc) is 2.32. The zero-order chi connectivity index (χ0) is 12.4. The van der Waals surface area contributed by atoms with Crippen LogP contribution in [0.2, 0.25) is 0 Å². The summed E-state index contributed by atoms with van der Waals surface area (Å²) in [5, 5.41) is 0. The monoisotopic (exact) mass is 234 g/mol. The van der Waals surface area contributed by atoms with Gasteiger partial charge in [0.2, 0.25) is 0 Å². The molecular formula is C14H22N2O. The van der Waals surface area contributed by atoms with E-state index < -0.39 is 0 Å². The minimum Gasteiger partial charge on any atom is -0.497 e. The van der Waals surface area contributed by atoms with Gasteiger partial charge in [0, 0.05) is 18.6 Å². The summed E-state index contributed by atoms with van der Waals surface area (Å²) in [4.78, 5) is 2.40. The first kappa shape index (κ1) is 12.4.